The second-order valence-corrected chi connectivity index (χ2v) is 13.5. The van der Waals surface area contributed by atoms with Crippen molar-refractivity contribution >= 4 is 34.6 Å². The molecule has 0 aliphatic heterocycles. The summed E-state index contributed by atoms with van der Waals surface area (Å²) in [7, 11) is 0. The summed E-state index contributed by atoms with van der Waals surface area (Å²) in [5.74, 6) is -2.80. The van der Waals surface area contributed by atoms with E-state index in [1.165, 1.54) is 6.08 Å². The largest absolute Gasteiger partial charge is 0.444 e. The van der Waals surface area contributed by atoms with Crippen molar-refractivity contribution in [2.75, 3.05) is 13.1 Å². The minimum absolute atomic E-state index is 0.0392. The van der Waals surface area contributed by atoms with E-state index in [4.69, 9.17) is 14.9 Å². The highest BCUT2D eigenvalue weighted by molar-refractivity contribution is 5.89. The van der Waals surface area contributed by atoms with Crippen molar-refractivity contribution in [3.05, 3.63) is 108 Å². The van der Waals surface area contributed by atoms with Crippen LogP contribution in [0.4, 0.5) is 4.79 Å². The number of rotatable bonds is 14. The average Bonchev–Trinajstić information content (AvgIpc) is 3.54. The number of alkyl carbamates (subject to hydrolysis) is 1. The molecule has 0 aliphatic rings. The Kier molecular flexibility index (Phi) is 11.9. The van der Waals surface area contributed by atoms with Crippen molar-refractivity contribution in [1.82, 2.24) is 26.1 Å². The summed E-state index contributed by atoms with van der Waals surface area (Å²) in [6.07, 6.45) is 3.08. The van der Waals surface area contributed by atoms with Gasteiger partial charge in [0.15, 0.2) is 0 Å². The molecule has 0 unspecified atom stereocenters. The number of primary amides is 1. The molecule has 1 heterocycles. The van der Waals surface area contributed by atoms with Gasteiger partial charge in [0.1, 0.15) is 5.60 Å². The van der Waals surface area contributed by atoms with Gasteiger partial charge in [-0.3, -0.25) is 14.4 Å². The van der Waals surface area contributed by atoms with E-state index in [2.05, 4.69) is 26.1 Å². The van der Waals surface area contributed by atoms with Crippen LogP contribution in [0.2, 0.25) is 0 Å². The maximum Gasteiger partial charge on any atom is 0.408 e. The zero-order chi connectivity index (χ0) is 35.6. The van der Waals surface area contributed by atoms with Crippen molar-refractivity contribution in [1.29, 1.82) is 0 Å². The van der Waals surface area contributed by atoms with E-state index in [0.717, 1.165) is 21.9 Å². The van der Waals surface area contributed by atoms with Gasteiger partial charge in [0.25, 0.3) is 0 Å². The molecule has 0 saturated heterocycles. The Balaban J connectivity index is 1.48. The minimum Gasteiger partial charge on any atom is -0.444 e. The number of nitrogens with two attached hydrogens (primary N) is 1. The van der Waals surface area contributed by atoms with E-state index in [9.17, 15) is 19.2 Å². The van der Waals surface area contributed by atoms with Crippen LogP contribution in [0.5, 0.6) is 0 Å². The standard InChI is InChI=1S/C37H44N6O6/c1-36(2,3)49-35(47)41-37(4,5)18-17-30(44)39-22-28(21-25-15-16-26-13-9-10-14-27(26)20-25)32(46)40-23-29(19-24-11-7-6-8-12-24)33-42-43-34(48-33)31(38)45/h6-18,20,28-29H,19,21-23H2,1-5H3,(H2,38,45)(H,39,44)(H,40,46)(H,41,47)/t28-,29-/m1/s1. The van der Waals surface area contributed by atoms with Gasteiger partial charge in [-0.25, -0.2) is 4.79 Å². The number of hydrogen-bond acceptors (Lipinski definition) is 8. The van der Waals surface area contributed by atoms with Crippen LogP contribution in [0.25, 0.3) is 10.8 Å². The molecule has 5 N–H and O–H groups in total. The number of fused-ring (bicyclic) bond motifs is 1. The molecular weight excluding hydrogens is 624 g/mol. The molecule has 0 fully saturated rings. The first-order chi connectivity index (χ1) is 23.2. The van der Waals surface area contributed by atoms with Gasteiger partial charge in [0.2, 0.25) is 17.7 Å². The molecule has 0 spiro atoms. The van der Waals surface area contributed by atoms with Gasteiger partial charge in [-0.15, -0.1) is 10.2 Å². The van der Waals surface area contributed by atoms with Crippen molar-refractivity contribution in [2.45, 2.75) is 64.5 Å². The van der Waals surface area contributed by atoms with Crippen molar-refractivity contribution in [2.24, 2.45) is 11.7 Å². The fraction of sp³-hybridized carbons (Fsp3) is 0.351. The van der Waals surface area contributed by atoms with Gasteiger partial charge < -0.3 is 30.8 Å². The summed E-state index contributed by atoms with van der Waals surface area (Å²) in [5.41, 5.74) is 5.68. The highest BCUT2D eigenvalue weighted by Gasteiger charge is 2.26. The number of carbonyl (C=O) groups excluding carboxylic acids is 4. The Morgan fingerprint density at radius 1 is 0.837 bits per heavy atom. The smallest absolute Gasteiger partial charge is 0.408 e. The van der Waals surface area contributed by atoms with Crippen LogP contribution < -0.4 is 21.7 Å². The van der Waals surface area contributed by atoms with Crippen LogP contribution in [0.1, 0.15) is 68.2 Å². The third kappa shape index (κ3) is 11.6. The number of amides is 4. The molecule has 0 bridgehead atoms. The highest BCUT2D eigenvalue weighted by Crippen LogP contribution is 2.21. The molecule has 0 aliphatic carbocycles. The minimum atomic E-state index is -0.877. The molecule has 0 radical (unpaired) electrons. The summed E-state index contributed by atoms with van der Waals surface area (Å²) in [6, 6.07) is 23.5. The van der Waals surface area contributed by atoms with Gasteiger partial charge in [-0.2, -0.15) is 0 Å². The van der Waals surface area contributed by atoms with Crippen LogP contribution in [0.3, 0.4) is 0 Å². The summed E-state index contributed by atoms with van der Waals surface area (Å²) < 4.78 is 10.9. The summed E-state index contributed by atoms with van der Waals surface area (Å²) in [4.78, 5) is 50.6. The monoisotopic (exact) mass is 668 g/mol. The fourth-order valence-electron chi connectivity index (χ4n) is 5.10. The maximum atomic E-state index is 13.8. The number of nitrogens with zero attached hydrogens (tertiary/aromatic N) is 2. The number of carbonyl (C=O) groups is 4. The third-order valence-electron chi connectivity index (χ3n) is 7.51. The number of benzene rings is 3. The number of nitrogens with one attached hydrogen (secondary N) is 3. The predicted octanol–water partition coefficient (Wildman–Crippen LogP) is 4.60. The summed E-state index contributed by atoms with van der Waals surface area (Å²) in [5, 5.41) is 18.5. The molecule has 12 nitrogen and oxygen atoms in total. The van der Waals surface area contributed by atoms with Crippen LogP contribution in [-0.4, -0.2) is 58.2 Å². The number of hydrogen-bond donors (Lipinski definition) is 4. The van der Waals surface area contributed by atoms with E-state index in [-0.39, 0.29) is 30.8 Å². The van der Waals surface area contributed by atoms with E-state index < -0.39 is 40.9 Å². The Bertz CT molecular complexity index is 1790. The molecule has 258 valence electrons. The molecule has 3 aromatic carbocycles. The number of aromatic nitrogens is 2. The molecular formula is C37H44N6O6. The summed E-state index contributed by atoms with van der Waals surface area (Å²) in [6.45, 7) is 8.93. The second kappa shape index (κ2) is 16.1. The Labute approximate surface area is 285 Å². The molecule has 1 aromatic heterocycles. The van der Waals surface area contributed by atoms with E-state index in [1.807, 2.05) is 72.8 Å². The Morgan fingerprint density at radius 2 is 1.53 bits per heavy atom. The van der Waals surface area contributed by atoms with E-state index in [1.54, 1.807) is 40.7 Å². The average molecular weight is 669 g/mol. The third-order valence-corrected chi connectivity index (χ3v) is 7.51. The van der Waals surface area contributed by atoms with Gasteiger partial charge in [-0.1, -0.05) is 78.9 Å². The molecule has 2 atom stereocenters. The van der Waals surface area contributed by atoms with Crippen molar-refractivity contribution in [3.63, 3.8) is 0 Å². The van der Waals surface area contributed by atoms with Gasteiger partial charge >= 0.3 is 17.9 Å². The lowest BCUT2D eigenvalue weighted by atomic mass is 9.95. The topological polar surface area (TPSA) is 179 Å². The molecule has 49 heavy (non-hydrogen) atoms. The first-order valence-corrected chi connectivity index (χ1v) is 16.1. The molecule has 4 rings (SSSR count). The lowest BCUT2D eigenvalue weighted by Gasteiger charge is -2.26. The van der Waals surface area contributed by atoms with Crippen molar-refractivity contribution in [3.8, 4) is 0 Å². The van der Waals surface area contributed by atoms with Gasteiger partial charge in [0, 0.05) is 19.2 Å². The van der Waals surface area contributed by atoms with E-state index in [0.29, 0.717) is 12.8 Å². The normalized spacial score (nSPS) is 13.1. The maximum absolute atomic E-state index is 13.8. The van der Waals surface area contributed by atoms with Gasteiger partial charge in [-0.05, 0) is 69.4 Å². The van der Waals surface area contributed by atoms with Crippen LogP contribution in [0.15, 0.2) is 89.4 Å². The lowest BCUT2D eigenvalue weighted by molar-refractivity contribution is -0.125. The second-order valence-electron chi connectivity index (χ2n) is 13.5. The van der Waals surface area contributed by atoms with Gasteiger partial charge in [0.05, 0.1) is 17.4 Å². The number of ether oxygens (including phenoxy) is 1. The first-order valence-electron chi connectivity index (χ1n) is 16.1. The van der Waals surface area contributed by atoms with Crippen LogP contribution in [0, 0.1) is 5.92 Å². The zero-order valence-electron chi connectivity index (χ0n) is 28.5. The molecule has 0 saturated carbocycles. The van der Waals surface area contributed by atoms with Crippen LogP contribution in [-0.2, 0) is 27.2 Å². The Hall–Kier alpha value is -5.52. The summed E-state index contributed by atoms with van der Waals surface area (Å²) >= 11 is 0. The first kappa shape index (κ1) is 36.3. The lowest BCUT2D eigenvalue weighted by Crippen LogP contribution is -2.45. The Morgan fingerprint density at radius 3 is 2.20 bits per heavy atom. The zero-order valence-corrected chi connectivity index (χ0v) is 28.5. The molecule has 12 heteroatoms. The molecule has 4 amide bonds. The van der Waals surface area contributed by atoms with E-state index >= 15 is 0 Å². The fourth-order valence-corrected chi connectivity index (χ4v) is 5.10. The SMILES string of the molecule is CC(C)(C=CC(=O)NC[C@@H](Cc1ccc2ccccc2c1)C(=O)NC[C@@H](Cc1ccccc1)c1nnc(C(N)=O)o1)NC(=O)OC(C)(C)C. The molecule has 4 aromatic rings. The quantitative estimate of drug-likeness (QED) is 0.141. The van der Waals surface area contributed by atoms with Crippen molar-refractivity contribution < 1.29 is 28.3 Å². The predicted molar refractivity (Wildman–Crippen MR) is 185 cm³/mol. The van der Waals surface area contributed by atoms with Crippen LogP contribution >= 0.6 is 0 Å². The highest BCUT2D eigenvalue weighted by atomic mass is 16.6.